The topological polar surface area (TPSA) is 66.4 Å². The van der Waals surface area contributed by atoms with E-state index in [0.717, 1.165) is 22.9 Å². The molecule has 0 spiro atoms. The number of hydrogen-bond donors (Lipinski definition) is 2. The molecule has 0 bridgehead atoms. The zero-order valence-corrected chi connectivity index (χ0v) is 12.9. The van der Waals surface area contributed by atoms with E-state index in [4.69, 9.17) is 0 Å². The number of carboxylic acids is 1. The summed E-state index contributed by atoms with van der Waals surface area (Å²) < 4.78 is 0.813. The van der Waals surface area contributed by atoms with Crippen LogP contribution < -0.4 is 5.32 Å². The molecule has 1 aromatic carbocycles. The predicted molar refractivity (Wildman–Crippen MR) is 80.6 cm³/mol. The highest BCUT2D eigenvalue weighted by Crippen LogP contribution is 2.32. The molecule has 4 nitrogen and oxygen atoms in total. The van der Waals surface area contributed by atoms with Gasteiger partial charge in [0.15, 0.2) is 0 Å². The Hall–Kier alpha value is -1.36. The standard InChI is InChI=1S/C15H18BrNO3/c1-9-6-7-13(12(16)8-9)17-14(18)10-4-2-3-5-11(10)15(19)20/h6-8,10-11H,2-5H2,1H3,(H,17,18)(H,19,20). The highest BCUT2D eigenvalue weighted by molar-refractivity contribution is 9.10. The molecule has 1 aliphatic rings. The van der Waals surface area contributed by atoms with E-state index < -0.39 is 17.8 Å². The summed E-state index contributed by atoms with van der Waals surface area (Å²) >= 11 is 3.41. The Bertz CT molecular complexity index is 530. The maximum atomic E-state index is 12.3. The van der Waals surface area contributed by atoms with Gasteiger partial charge in [-0.25, -0.2) is 0 Å². The lowest BCUT2D eigenvalue weighted by Crippen LogP contribution is -2.36. The molecule has 0 saturated heterocycles. The van der Waals surface area contributed by atoms with Crippen LogP contribution in [0.1, 0.15) is 31.2 Å². The third-order valence-electron chi connectivity index (χ3n) is 3.80. The van der Waals surface area contributed by atoms with Crippen molar-refractivity contribution in [2.45, 2.75) is 32.6 Å². The number of carboxylic acid groups (broad SMARTS) is 1. The number of carbonyl (C=O) groups is 2. The molecule has 1 aliphatic carbocycles. The Labute approximate surface area is 126 Å². The Balaban J connectivity index is 2.12. The first-order valence-electron chi connectivity index (χ1n) is 6.79. The van der Waals surface area contributed by atoms with E-state index >= 15 is 0 Å². The second-order valence-electron chi connectivity index (χ2n) is 5.31. The van der Waals surface area contributed by atoms with Gasteiger partial charge in [0.05, 0.1) is 17.5 Å². The van der Waals surface area contributed by atoms with Crippen LogP contribution in [0.25, 0.3) is 0 Å². The van der Waals surface area contributed by atoms with Crippen molar-refractivity contribution in [3.05, 3.63) is 28.2 Å². The summed E-state index contributed by atoms with van der Waals surface area (Å²) in [5.41, 5.74) is 1.78. The number of hydrogen-bond acceptors (Lipinski definition) is 2. The number of amides is 1. The smallest absolute Gasteiger partial charge is 0.307 e. The first kappa shape index (κ1) is 15.0. The van der Waals surface area contributed by atoms with Crippen molar-refractivity contribution in [3.63, 3.8) is 0 Å². The Kier molecular flexibility index (Phi) is 4.81. The van der Waals surface area contributed by atoms with Crippen molar-refractivity contribution in [1.82, 2.24) is 0 Å². The van der Waals surface area contributed by atoms with Gasteiger partial charge in [-0.15, -0.1) is 0 Å². The molecule has 108 valence electrons. The second kappa shape index (κ2) is 6.39. The normalized spacial score (nSPS) is 22.3. The van der Waals surface area contributed by atoms with Crippen molar-refractivity contribution in [1.29, 1.82) is 0 Å². The summed E-state index contributed by atoms with van der Waals surface area (Å²) in [5.74, 6) is -2.06. The third kappa shape index (κ3) is 3.39. The number of carbonyl (C=O) groups excluding carboxylic acids is 1. The van der Waals surface area contributed by atoms with E-state index in [2.05, 4.69) is 21.2 Å². The highest BCUT2D eigenvalue weighted by atomic mass is 79.9. The monoisotopic (exact) mass is 339 g/mol. The van der Waals surface area contributed by atoms with Gasteiger partial charge in [-0.3, -0.25) is 9.59 Å². The molecule has 0 radical (unpaired) electrons. The predicted octanol–water partition coefficient (Wildman–Crippen LogP) is 3.59. The molecule has 0 aliphatic heterocycles. The maximum absolute atomic E-state index is 12.3. The van der Waals surface area contributed by atoms with Crippen molar-refractivity contribution < 1.29 is 14.7 Å². The van der Waals surface area contributed by atoms with Crippen LogP contribution in [0.15, 0.2) is 22.7 Å². The Morgan fingerprint density at radius 3 is 2.50 bits per heavy atom. The first-order chi connectivity index (χ1) is 9.49. The summed E-state index contributed by atoms with van der Waals surface area (Å²) in [5, 5.41) is 12.1. The van der Waals surface area contributed by atoms with E-state index in [1.807, 2.05) is 25.1 Å². The van der Waals surface area contributed by atoms with Crippen molar-refractivity contribution in [3.8, 4) is 0 Å². The SMILES string of the molecule is Cc1ccc(NC(=O)C2CCCCC2C(=O)O)c(Br)c1. The Morgan fingerprint density at radius 1 is 1.25 bits per heavy atom. The van der Waals surface area contributed by atoms with Gasteiger partial charge in [0.25, 0.3) is 0 Å². The molecule has 1 amide bonds. The first-order valence-corrected chi connectivity index (χ1v) is 7.58. The Morgan fingerprint density at radius 2 is 1.90 bits per heavy atom. The molecule has 0 heterocycles. The van der Waals surface area contributed by atoms with Crippen LogP contribution in [-0.4, -0.2) is 17.0 Å². The molecule has 2 atom stereocenters. The van der Waals surface area contributed by atoms with Crippen LogP contribution in [0.4, 0.5) is 5.69 Å². The molecule has 2 N–H and O–H groups in total. The van der Waals surface area contributed by atoms with E-state index in [0.29, 0.717) is 18.5 Å². The van der Waals surface area contributed by atoms with Gasteiger partial charge in [-0.1, -0.05) is 18.9 Å². The van der Waals surface area contributed by atoms with Crippen LogP contribution >= 0.6 is 15.9 Å². The van der Waals surface area contributed by atoms with E-state index in [1.165, 1.54) is 0 Å². The molecule has 2 rings (SSSR count). The minimum Gasteiger partial charge on any atom is -0.481 e. The van der Waals surface area contributed by atoms with Gasteiger partial charge in [-0.2, -0.15) is 0 Å². The molecule has 1 saturated carbocycles. The number of aryl methyl sites for hydroxylation is 1. The molecule has 1 aromatic rings. The highest BCUT2D eigenvalue weighted by Gasteiger charge is 2.35. The summed E-state index contributed by atoms with van der Waals surface area (Å²) in [6, 6.07) is 5.66. The summed E-state index contributed by atoms with van der Waals surface area (Å²) in [4.78, 5) is 23.6. The largest absolute Gasteiger partial charge is 0.481 e. The van der Waals surface area contributed by atoms with Crippen LogP contribution in [-0.2, 0) is 9.59 Å². The molecule has 1 fully saturated rings. The lowest BCUT2D eigenvalue weighted by molar-refractivity contribution is -0.147. The van der Waals surface area contributed by atoms with Crippen LogP contribution in [0.2, 0.25) is 0 Å². The number of benzene rings is 1. The molecular weight excluding hydrogens is 322 g/mol. The van der Waals surface area contributed by atoms with Crippen LogP contribution in [0.5, 0.6) is 0 Å². The minimum absolute atomic E-state index is 0.193. The van der Waals surface area contributed by atoms with E-state index in [1.54, 1.807) is 0 Å². The fourth-order valence-electron chi connectivity index (χ4n) is 2.69. The maximum Gasteiger partial charge on any atom is 0.307 e. The fraction of sp³-hybridized carbons (Fsp3) is 0.467. The van der Waals surface area contributed by atoms with Gasteiger partial charge < -0.3 is 10.4 Å². The molecule has 5 heteroatoms. The number of nitrogens with one attached hydrogen (secondary N) is 1. The van der Waals surface area contributed by atoms with Gasteiger partial charge >= 0.3 is 5.97 Å². The molecule has 20 heavy (non-hydrogen) atoms. The van der Waals surface area contributed by atoms with Gasteiger partial charge in [-0.05, 0) is 53.4 Å². The zero-order valence-electron chi connectivity index (χ0n) is 11.4. The molecule has 0 aromatic heterocycles. The van der Waals surface area contributed by atoms with Gasteiger partial charge in [0, 0.05) is 4.47 Å². The van der Waals surface area contributed by atoms with Crippen molar-refractivity contribution >= 4 is 33.5 Å². The fourth-order valence-corrected chi connectivity index (χ4v) is 3.28. The van der Waals surface area contributed by atoms with Crippen LogP contribution in [0.3, 0.4) is 0 Å². The lowest BCUT2D eigenvalue weighted by Gasteiger charge is -2.27. The van der Waals surface area contributed by atoms with E-state index in [9.17, 15) is 14.7 Å². The number of aliphatic carboxylic acids is 1. The average Bonchev–Trinajstić information content (AvgIpc) is 2.41. The average molecular weight is 340 g/mol. The summed E-state index contributed by atoms with van der Waals surface area (Å²) in [6.45, 7) is 1.97. The lowest BCUT2D eigenvalue weighted by atomic mass is 9.78. The van der Waals surface area contributed by atoms with Crippen LogP contribution in [0, 0.1) is 18.8 Å². The second-order valence-corrected chi connectivity index (χ2v) is 6.16. The van der Waals surface area contributed by atoms with Crippen molar-refractivity contribution in [2.75, 3.05) is 5.32 Å². The zero-order chi connectivity index (χ0) is 14.7. The number of halogens is 1. The summed E-state index contributed by atoms with van der Waals surface area (Å²) in [6.07, 6.45) is 3.03. The number of anilines is 1. The quantitative estimate of drug-likeness (QED) is 0.884. The number of rotatable bonds is 3. The van der Waals surface area contributed by atoms with Crippen molar-refractivity contribution in [2.24, 2.45) is 11.8 Å². The molecule has 2 unspecified atom stereocenters. The summed E-state index contributed by atoms with van der Waals surface area (Å²) in [7, 11) is 0. The van der Waals surface area contributed by atoms with Gasteiger partial charge in [0.1, 0.15) is 0 Å². The molecular formula is C15H18BrNO3. The van der Waals surface area contributed by atoms with Gasteiger partial charge in [0.2, 0.25) is 5.91 Å². The third-order valence-corrected chi connectivity index (χ3v) is 4.46. The minimum atomic E-state index is -0.868. The van der Waals surface area contributed by atoms with E-state index in [-0.39, 0.29) is 5.91 Å².